The van der Waals surface area contributed by atoms with Crippen molar-refractivity contribution in [1.29, 1.82) is 0 Å². The molecule has 3 rings (SSSR count). The van der Waals surface area contributed by atoms with Crippen LogP contribution in [0.5, 0.6) is 11.8 Å². The minimum atomic E-state index is 0.472. The van der Waals surface area contributed by atoms with Crippen LogP contribution >= 0.6 is 0 Å². The Hall–Kier alpha value is -2.95. The highest BCUT2D eigenvalue weighted by Gasteiger charge is 2.05. The highest BCUT2D eigenvalue weighted by Crippen LogP contribution is 2.21. The van der Waals surface area contributed by atoms with Crippen LogP contribution in [0.15, 0.2) is 61.1 Å². The largest absolute Gasteiger partial charge is 0.478 e. The van der Waals surface area contributed by atoms with E-state index in [0.717, 1.165) is 29.7 Å². The summed E-state index contributed by atoms with van der Waals surface area (Å²) < 4.78 is 11.3. The first kappa shape index (κ1) is 16.9. The van der Waals surface area contributed by atoms with Crippen LogP contribution in [-0.4, -0.2) is 21.6 Å². The van der Waals surface area contributed by atoms with Crippen molar-refractivity contribution in [3.8, 4) is 23.0 Å². The molecule has 0 aliphatic carbocycles. The van der Waals surface area contributed by atoms with Crippen molar-refractivity contribution >= 4 is 0 Å². The lowest BCUT2D eigenvalue weighted by molar-refractivity contribution is 0.293. The summed E-state index contributed by atoms with van der Waals surface area (Å²) in [7, 11) is 0. The molecule has 0 aliphatic heterocycles. The number of pyridine rings is 1. The standard InChI is InChI=1S/C20H21N3O2/c1-2-3-11-24-19-10-9-17(13-21-19)18-12-20(23-15-22-18)25-14-16-7-5-4-6-8-16/h4-10,12-13,15H,2-3,11,14H2,1H3. The zero-order chi connectivity index (χ0) is 17.3. The smallest absolute Gasteiger partial charge is 0.217 e. The van der Waals surface area contributed by atoms with E-state index in [-0.39, 0.29) is 0 Å². The Morgan fingerprint density at radius 1 is 0.880 bits per heavy atom. The first-order chi connectivity index (χ1) is 12.3. The number of ether oxygens (including phenoxy) is 2. The average Bonchev–Trinajstić information content (AvgIpc) is 2.68. The zero-order valence-electron chi connectivity index (χ0n) is 14.3. The van der Waals surface area contributed by atoms with Gasteiger partial charge in [-0.2, -0.15) is 0 Å². The number of benzene rings is 1. The van der Waals surface area contributed by atoms with Crippen molar-refractivity contribution in [1.82, 2.24) is 15.0 Å². The normalized spacial score (nSPS) is 10.4. The summed E-state index contributed by atoms with van der Waals surface area (Å²) in [5.74, 6) is 1.17. The lowest BCUT2D eigenvalue weighted by atomic mass is 10.2. The molecule has 1 aromatic carbocycles. The van der Waals surface area contributed by atoms with E-state index in [1.165, 1.54) is 6.33 Å². The number of hydrogen-bond acceptors (Lipinski definition) is 5. The van der Waals surface area contributed by atoms with Gasteiger partial charge in [-0.25, -0.2) is 15.0 Å². The van der Waals surface area contributed by atoms with Gasteiger partial charge >= 0.3 is 0 Å². The van der Waals surface area contributed by atoms with E-state index in [0.29, 0.717) is 25.0 Å². The summed E-state index contributed by atoms with van der Waals surface area (Å²) in [6, 6.07) is 15.6. The molecule has 5 nitrogen and oxygen atoms in total. The molecule has 5 heteroatoms. The van der Waals surface area contributed by atoms with Gasteiger partial charge in [-0.1, -0.05) is 43.7 Å². The second kappa shape index (κ2) is 8.78. The van der Waals surface area contributed by atoms with Gasteiger partial charge in [-0.05, 0) is 18.1 Å². The molecule has 2 heterocycles. The molecule has 0 spiro atoms. The topological polar surface area (TPSA) is 57.1 Å². The third-order valence-electron chi connectivity index (χ3n) is 3.65. The van der Waals surface area contributed by atoms with Crippen molar-refractivity contribution in [2.45, 2.75) is 26.4 Å². The van der Waals surface area contributed by atoms with Crippen LogP contribution < -0.4 is 9.47 Å². The fourth-order valence-electron chi connectivity index (χ4n) is 2.25. The summed E-state index contributed by atoms with van der Waals surface area (Å²) in [6.45, 7) is 3.29. The van der Waals surface area contributed by atoms with Crippen molar-refractivity contribution < 1.29 is 9.47 Å². The van der Waals surface area contributed by atoms with Crippen LogP contribution in [0.4, 0.5) is 0 Å². The van der Waals surface area contributed by atoms with Gasteiger partial charge in [0.25, 0.3) is 0 Å². The minimum Gasteiger partial charge on any atom is -0.478 e. The van der Waals surface area contributed by atoms with Crippen LogP contribution in [-0.2, 0) is 6.61 Å². The van der Waals surface area contributed by atoms with Gasteiger partial charge in [0.05, 0.1) is 12.3 Å². The molecule has 0 amide bonds. The number of aromatic nitrogens is 3. The van der Waals surface area contributed by atoms with E-state index in [4.69, 9.17) is 9.47 Å². The molecule has 0 radical (unpaired) electrons. The lowest BCUT2D eigenvalue weighted by Gasteiger charge is -2.07. The molecular weight excluding hydrogens is 314 g/mol. The van der Waals surface area contributed by atoms with Gasteiger partial charge in [0.2, 0.25) is 11.8 Å². The molecule has 0 unspecified atom stereocenters. The van der Waals surface area contributed by atoms with Gasteiger partial charge in [0.1, 0.15) is 12.9 Å². The molecule has 0 bridgehead atoms. The summed E-state index contributed by atoms with van der Waals surface area (Å²) >= 11 is 0. The second-order valence-electron chi connectivity index (χ2n) is 5.60. The molecule has 0 saturated heterocycles. The van der Waals surface area contributed by atoms with Crippen LogP contribution in [0.25, 0.3) is 11.3 Å². The van der Waals surface area contributed by atoms with Crippen LogP contribution in [0.2, 0.25) is 0 Å². The van der Waals surface area contributed by atoms with Crippen molar-refractivity contribution in [2.75, 3.05) is 6.61 Å². The van der Waals surface area contributed by atoms with Crippen molar-refractivity contribution in [3.05, 3.63) is 66.6 Å². The number of rotatable bonds is 8. The summed E-state index contributed by atoms with van der Waals surface area (Å²) in [5.41, 5.74) is 2.76. The number of nitrogens with zero attached hydrogens (tertiary/aromatic N) is 3. The van der Waals surface area contributed by atoms with Gasteiger partial charge in [0.15, 0.2) is 0 Å². The molecule has 2 aromatic heterocycles. The third kappa shape index (κ3) is 5.01. The van der Waals surface area contributed by atoms with E-state index in [2.05, 4.69) is 21.9 Å². The van der Waals surface area contributed by atoms with E-state index < -0.39 is 0 Å². The van der Waals surface area contributed by atoms with Gasteiger partial charge < -0.3 is 9.47 Å². The molecule has 3 aromatic rings. The maximum absolute atomic E-state index is 5.75. The Morgan fingerprint density at radius 3 is 2.52 bits per heavy atom. The van der Waals surface area contributed by atoms with Crippen LogP contribution in [0.1, 0.15) is 25.3 Å². The average molecular weight is 335 g/mol. The first-order valence-corrected chi connectivity index (χ1v) is 8.43. The Morgan fingerprint density at radius 2 is 1.76 bits per heavy atom. The number of unbranched alkanes of at least 4 members (excludes halogenated alkanes) is 1. The van der Waals surface area contributed by atoms with E-state index in [1.807, 2.05) is 48.5 Å². The van der Waals surface area contributed by atoms with Crippen molar-refractivity contribution in [3.63, 3.8) is 0 Å². The maximum atomic E-state index is 5.75. The van der Waals surface area contributed by atoms with Gasteiger partial charge in [0, 0.05) is 23.9 Å². The quantitative estimate of drug-likeness (QED) is 0.575. The first-order valence-electron chi connectivity index (χ1n) is 8.43. The van der Waals surface area contributed by atoms with E-state index in [1.54, 1.807) is 6.20 Å². The lowest BCUT2D eigenvalue weighted by Crippen LogP contribution is -1.99. The fourth-order valence-corrected chi connectivity index (χ4v) is 2.25. The Bertz CT molecular complexity index is 776. The summed E-state index contributed by atoms with van der Waals surface area (Å²) in [6.07, 6.45) is 5.38. The maximum Gasteiger partial charge on any atom is 0.217 e. The van der Waals surface area contributed by atoms with E-state index in [9.17, 15) is 0 Å². The Balaban J connectivity index is 1.64. The molecule has 0 aliphatic rings. The summed E-state index contributed by atoms with van der Waals surface area (Å²) in [5, 5.41) is 0. The van der Waals surface area contributed by atoms with Crippen LogP contribution in [0, 0.1) is 0 Å². The van der Waals surface area contributed by atoms with Gasteiger partial charge in [-0.3, -0.25) is 0 Å². The molecule has 0 fully saturated rings. The Kier molecular flexibility index (Phi) is 5.93. The van der Waals surface area contributed by atoms with Gasteiger partial charge in [-0.15, -0.1) is 0 Å². The third-order valence-corrected chi connectivity index (χ3v) is 3.65. The SMILES string of the molecule is CCCCOc1ccc(-c2cc(OCc3ccccc3)ncn2)cn1. The minimum absolute atomic E-state index is 0.472. The van der Waals surface area contributed by atoms with E-state index >= 15 is 0 Å². The molecule has 25 heavy (non-hydrogen) atoms. The second-order valence-corrected chi connectivity index (χ2v) is 5.60. The molecule has 0 saturated carbocycles. The molecule has 0 atom stereocenters. The summed E-state index contributed by atoms with van der Waals surface area (Å²) in [4.78, 5) is 12.8. The van der Waals surface area contributed by atoms with Crippen molar-refractivity contribution in [2.24, 2.45) is 0 Å². The van der Waals surface area contributed by atoms with Crippen LogP contribution in [0.3, 0.4) is 0 Å². The Labute approximate surface area is 147 Å². The monoisotopic (exact) mass is 335 g/mol. The zero-order valence-corrected chi connectivity index (χ0v) is 14.3. The number of hydrogen-bond donors (Lipinski definition) is 0. The highest BCUT2D eigenvalue weighted by molar-refractivity contribution is 5.58. The fraction of sp³-hybridized carbons (Fsp3) is 0.250. The molecule has 0 N–H and O–H groups in total. The highest BCUT2D eigenvalue weighted by atomic mass is 16.5. The molecular formula is C20H21N3O2. The predicted molar refractivity (Wildman–Crippen MR) is 96.4 cm³/mol. The predicted octanol–water partition coefficient (Wildman–Crippen LogP) is 4.30. The molecule has 128 valence electrons.